The van der Waals surface area contributed by atoms with Crippen LogP contribution in [0.2, 0.25) is 4.34 Å². The van der Waals surface area contributed by atoms with Crippen LogP contribution in [0.4, 0.5) is 0 Å². The van der Waals surface area contributed by atoms with Crippen LogP contribution in [0.25, 0.3) is 11.4 Å². The second-order valence-corrected chi connectivity index (χ2v) is 9.92. The lowest BCUT2D eigenvalue weighted by Crippen LogP contribution is -2.16. The normalized spacial score (nSPS) is 10.9. The lowest BCUT2D eigenvalue weighted by molar-refractivity contribution is 0.0986. The molecular formula is C27H22ClN5O3S. The summed E-state index contributed by atoms with van der Waals surface area (Å²) in [5, 5.41) is 8.51. The Labute approximate surface area is 221 Å². The molecule has 4 aromatic heterocycles. The number of aryl methyl sites for hydroxylation is 1. The zero-order valence-corrected chi connectivity index (χ0v) is 21.2. The number of Topliss-reactive ketones (excluding diaryl/α,β-unsaturated/α-hetero) is 1. The predicted molar refractivity (Wildman–Crippen MR) is 142 cm³/mol. The van der Waals surface area contributed by atoms with Gasteiger partial charge in [0.25, 0.3) is 5.56 Å². The first-order chi connectivity index (χ1) is 18.1. The summed E-state index contributed by atoms with van der Waals surface area (Å²) in [6.07, 6.45) is 8.45. The Morgan fingerprint density at radius 3 is 2.76 bits per heavy atom. The van der Waals surface area contributed by atoms with E-state index in [-0.39, 0.29) is 11.3 Å². The number of ether oxygens (including phenoxy) is 1. The minimum Gasteiger partial charge on any atom is -0.491 e. The van der Waals surface area contributed by atoms with Gasteiger partial charge < -0.3 is 4.74 Å². The quantitative estimate of drug-likeness (QED) is 0.236. The Hall–Kier alpha value is -4.08. The number of ketones is 1. The summed E-state index contributed by atoms with van der Waals surface area (Å²) in [4.78, 5) is 29.6. The molecule has 5 aromatic rings. The van der Waals surface area contributed by atoms with E-state index in [2.05, 4.69) is 15.3 Å². The van der Waals surface area contributed by atoms with Crippen molar-refractivity contribution in [2.24, 2.45) is 0 Å². The van der Waals surface area contributed by atoms with Crippen molar-refractivity contribution in [2.75, 3.05) is 6.61 Å². The number of carbonyl (C=O) groups excluding carboxylic acids is 1. The number of carbonyl (C=O) groups is 1. The molecule has 0 aliphatic rings. The van der Waals surface area contributed by atoms with Crippen LogP contribution < -0.4 is 10.3 Å². The van der Waals surface area contributed by atoms with E-state index in [0.717, 1.165) is 5.56 Å². The highest BCUT2D eigenvalue weighted by Crippen LogP contribution is 2.27. The molecule has 0 aliphatic carbocycles. The largest absolute Gasteiger partial charge is 0.491 e. The molecule has 0 saturated heterocycles. The molecule has 0 N–H and O–H groups in total. The molecule has 0 aliphatic heterocycles. The molecule has 8 nitrogen and oxygen atoms in total. The van der Waals surface area contributed by atoms with Crippen LogP contribution in [0.15, 0.2) is 90.2 Å². The number of aromatic nitrogens is 5. The van der Waals surface area contributed by atoms with Crippen LogP contribution in [-0.4, -0.2) is 36.9 Å². The Bertz CT molecular complexity index is 1580. The number of benzene rings is 1. The van der Waals surface area contributed by atoms with Gasteiger partial charge in [-0.05, 0) is 42.0 Å². The predicted octanol–water partition coefficient (Wildman–Crippen LogP) is 4.97. The van der Waals surface area contributed by atoms with Gasteiger partial charge in [0, 0.05) is 50.0 Å². The molecule has 0 radical (unpaired) electrons. The summed E-state index contributed by atoms with van der Waals surface area (Å²) in [5.74, 6) is 0.571. The Morgan fingerprint density at radius 1 is 1.05 bits per heavy atom. The first-order valence-corrected chi connectivity index (χ1v) is 12.8. The van der Waals surface area contributed by atoms with E-state index in [0.29, 0.717) is 57.9 Å². The van der Waals surface area contributed by atoms with Crippen molar-refractivity contribution in [2.45, 2.75) is 19.3 Å². The standard InChI is InChI=1S/C27H22ClN5O3S/c28-26-11-10-25(37-26)23(34)9-6-20-18-33(31-30-20)22-8-7-21(32-14-2-1-5-27(32)35)16-24(22)36-15-12-19-4-3-13-29-17-19/h1-5,7-8,10-11,13-14,16-18H,6,9,12,15H2. The van der Waals surface area contributed by atoms with Gasteiger partial charge in [-0.15, -0.1) is 16.4 Å². The van der Waals surface area contributed by atoms with Gasteiger partial charge in [0.1, 0.15) is 11.4 Å². The zero-order valence-electron chi connectivity index (χ0n) is 19.7. The van der Waals surface area contributed by atoms with Crippen LogP contribution in [0.1, 0.15) is 27.3 Å². The lowest BCUT2D eigenvalue weighted by Gasteiger charge is -2.14. The minimum absolute atomic E-state index is 0.0172. The third kappa shape index (κ3) is 6.02. The highest BCUT2D eigenvalue weighted by atomic mass is 35.5. The van der Waals surface area contributed by atoms with Crippen molar-refractivity contribution in [1.82, 2.24) is 24.5 Å². The van der Waals surface area contributed by atoms with E-state index in [4.69, 9.17) is 16.3 Å². The fraction of sp³-hybridized carbons (Fsp3) is 0.148. The highest BCUT2D eigenvalue weighted by Gasteiger charge is 2.14. The summed E-state index contributed by atoms with van der Waals surface area (Å²) in [6.45, 7) is 0.408. The summed E-state index contributed by atoms with van der Waals surface area (Å²) in [6, 6.07) is 17.8. The van der Waals surface area contributed by atoms with E-state index in [1.807, 2.05) is 30.3 Å². The lowest BCUT2D eigenvalue weighted by atomic mass is 10.1. The minimum atomic E-state index is -0.142. The zero-order chi connectivity index (χ0) is 25.6. The molecule has 186 valence electrons. The summed E-state index contributed by atoms with van der Waals surface area (Å²) >= 11 is 7.22. The van der Waals surface area contributed by atoms with Crippen molar-refractivity contribution >= 4 is 28.7 Å². The summed E-state index contributed by atoms with van der Waals surface area (Å²) < 4.78 is 9.93. The van der Waals surface area contributed by atoms with Crippen LogP contribution in [0, 0.1) is 0 Å². The van der Waals surface area contributed by atoms with Crippen LogP contribution in [0.3, 0.4) is 0 Å². The molecule has 4 heterocycles. The highest BCUT2D eigenvalue weighted by molar-refractivity contribution is 7.18. The van der Waals surface area contributed by atoms with E-state index in [1.54, 1.807) is 58.3 Å². The Kier molecular flexibility index (Phi) is 7.53. The van der Waals surface area contributed by atoms with E-state index < -0.39 is 0 Å². The number of halogens is 1. The average molecular weight is 532 g/mol. The smallest absolute Gasteiger partial charge is 0.255 e. The van der Waals surface area contributed by atoms with Gasteiger partial charge in [0.2, 0.25) is 0 Å². The van der Waals surface area contributed by atoms with Crippen molar-refractivity contribution in [3.05, 3.63) is 116 Å². The first kappa shape index (κ1) is 24.6. The number of thiophene rings is 1. The van der Waals surface area contributed by atoms with E-state index >= 15 is 0 Å². The molecule has 37 heavy (non-hydrogen) atoms. The topological polar surface area (TPSA) is 91.9 Å². The molecule has 0 unspecified atom stereocenters. The van der Waals surface area contributed by atoms with Crippen LogP contribution in [-0.2, 0) is 12.8 Å². The Balaban J connectivity index is 1.37. The van der Waals surface area contributed by atoms with Crippen LogP contribution in [0.5, 0.6) is 5.75 Å². The first-order valence-electron chi connectivity index (χ1n) is 11.6. The third-order valence-corrected chi connectivity index (χ3v) is 6.93. The second-order valence-electron chi connectivity index (χ2n) is 8.20. The molecule has 0 amide bonds. The molecule has 5 rings (SSSR count). The number of hydrogen-bond acceptors (Lipinski definition) is 7. The monoisotopic (exact) mass is 531 g/mol. The molecule has 0 spiro atoms. The van der Waals surface area contributed by atoms with Crippen molar-refractivity contribution in [1.29, 1.82) is 0 Å². The number of nitrogens with zero attached hydrogens (tertiary/aromatic N) is 5. The summed E-state index contributed by atoms with van der Waals surface area (Å²) in [5.41, 5.74) is 2.94. The maximum absolute atomic E-state index is 12.4. The molecule has 0 atom stereocenters. The van der Waals surface area contributed by atoms with Crippen molar-refractivity contribution in [3.63, 3.8) is 0 Å². The number of hydrogen-bond donors (Lipinski definition) is 0. The van der Waals surface area contributed by atoms with Gasteiger partial charge in [-0.1, -0.05) is 28.9 Å². The third-order valence-electron chi connectivity index (χ3n) is 5.66. The van der Waals surface area contributed by atoms with Crippen molar-refractivity contribution in [3.8, 4) is 17.1 Å². The number of rotatable bonds is 10. The molecule has 0 fully saturated rings. The van der Waals surface area contributed by atoms with E-state index in [1.165, 1.54) is 17.4 Å². The maximum atomic E-state index is 12.4. The number of pyridine rings is 2. The molecular weight excluding hydrogens is 510 g/mol. The van der Waals surface area contributed by atoms with Crippen LogP contribution >= 0.6 is 22.9 Å². The SMILES string of the molecule is O=C(CCc1cn(-c2ccc(-n3ccccc3=O)cc2OCCc2cccnc2)nn1)c1ccc(Cl)s1. The van der Waals surface area contributed by atoms with Gasteiger partial charge in [0.05, 0.1) is 33.4 Å². The van der Waals surface area contributed by atoms with Gasteiger partial charge in [0.15, 0.2) is 5.78 Å². The van der Waals surface area contributed by atoms with Gasteiger partial charge >= 0.3 is 0 Å². The second kappa shape index (κ2) is 11.3. The molecule has 10 heteroatoms. The Morgan fingerprint density at radius 2 is 1.97 bits per heavy atom. The molecule has 0 bridgehead atoms. The average Bonchev–Trinajstić information content (AvgIpc) is 3.57. The van der Waals surface area contributed by atoms with Gasteiger partial charge in [-0.3, -0.25) is 19.1 Å². The molecule has 0 saturated carbocycles. The fourth-order valence-corrected chi connectivity index (χ4v) is 4.79. The maximum Gasteiger partial charge on any atom is 0.255 e. The molecule has 1 aromatic carbocycles. The van der Waals surface area contributed by atoms with E-state index in [9.17, 15) is 9.59 Å². The summed E-state index contributed by atoms with van der Waals surface area (Å²) in [7, 11) is 0. The fourth-order valence-electron chi connectivity index (χ4n) is 3.78. The van der Waals surface area contributed by atoms with Gasteiger partial charge in [-0.25, -0.2) is 4.68 Å². The van der Waals surface area contributed by atoms with Gasteiger partial charge in [-0.2, -0.15) is 0 Å². The van der Waals surface area contributed by atoms with Crippen molar-refractivity contribution < 1.29 is 9.53 Å².